The lowest BCUT2D eigenvalue weighted by Gasteiger charge is -2.37. The number of carbonyl (C=O) groups is 1. The molecule has 0 aromatic heterocycles. The van der Waals surface area contributed by atoms with Gasteiger partial charge in [-0.2, -0.15) is 13.2 Å². The van der Waals surface area contributed by atoms with E-state index in [4.69, 9.17) is 4.74 Å². The third-order valence-corrected chi connectivity index (χ3v) is 6.21. The molecule has 27 heavy (non-hydrogen) atoms. The summed E-state index contributed by atoms with van der Waals surface area (Å²) in [5.74, 6) is -0.467. The largest absolute Gasteiger partial charge is 0.419 e. The zero-order valence-corrected chi connectivity index (χ0v) is 15.7. The Labute approximate surface area is 157 Å². The molecule has 1 aromatic carbocycles. The minimum atomic E-state index is -4.92. The van der Waals surface area contributed by atoms with Gasteiger partial charge in [-0.1, -0.05) is 31.9 Å². The predicted octanol–water partition coefficient (Wildman–Crippen LogP) is 5.96. The molecule has 0 bridgehead atoms. The van der Waals surface area contributed by atoms with Crippen molar-refractivity contribution in [2.45, 2.75) is 64.7 Å². The fraction of sp³-hybridized carbons (Fsp3) is 0.667. The molecule has 3 rings (SSSR count). The number of ketones is 1. The summed E-state index contributed by atoms with van der Waals surface area (Å²) >= 11 is 0. The van der Waals surface area contributed by atoms with Crippen LogP contribution in [0.25, 0.3) is 0 Å². The first-order valence-electron chi connectivity index (χ1n) is 9.70. The van der Waals surface area contributed by atoms with Gasteiger partial charge in [-0.25, -0.2) is 4.39 Å². The summed E-state index contributed by atoms with van der Waals surface area (Å²) in [6.45, 7) is 3.90. The first-order valence-corrected chi connectivity index (χ1v) is 9.70. The van der Waals surface area contributed by atoms with Crippen LogP contribution in [0.2, 0.25) is 0 Å². The van der Waals surface area contributed by atoms with Crippen LogP contribution in [0.1, 0.15) is 66.9 Å². The molecule has 1 unspecified atom stereocenters. The number of halogens is 4. The molecule has 1 aliphatic carbocycles. The van der Waals surface area contributed by atoms with Crippen molar-refractivity contribution in [3.05, 3.63) is 34.6 Å². The van der Waals surface area contributed by atoms with Gasteiger partial charge in [-0.3, -0.25) is 4.79 Å². The van der Waals surface area contributed by atoms with Crippen molar-refractivity contribution in [3.63, 3.8) is 0 Å². The van der Waals surface area contributed by atoms with Gasteiger partial charge in [-0.15, -0.1) is 0 Å². The van der Waals surface area contributed by atoms with Crippen LogP contribution in [-0.4, -0.2) is 18.5 Å². The van der Waals surface area contributed by atoms with Gasteiger partial charge in [-0.05, 0) is 55.9 Å². The molecule has 0 amide bonds. The minimum absolute atomic E-state index is 0.130. The summed E-state index contributed by atoms with van der Waals surface area (Å²) in [4.78, 5) is 12.7. The van der Waals surface area contributed by atoms with Crippen LogP contribution in [-0.2, 0) is 10.9 Å². The summed E-state index contributed by atoms with van der Waals surface area (Å²) in [5, 5.41) is 0. The van der Waals surface area contributed by atoms with Gasteiger partial charge < -0.3 is 4.74 Å². The van der Waals surface area contributed by atoms with Crippen molar-refractivity contribution in [1.82, 2.24) is 0 Å². The lowest BCUT2D eigenvalue weighted by atomic mass is 9.74. The highest BCUT2D eigenvalue weighted by Gasteiger charge is 2.41. The molecule has 1 aromatic rings. The Balaban J connectivity index is 1.71. The molecule has 2 nitrogen and oxygen atoms in total. The van der Waals surface area contributed by atoms with E-state index in [1.807, 2.05) is 0 Å². The normalized spacial score (nSPS) is 29.6. The van der Waals surface area contributed by atoms with Crippen LogP contribution >= 0.6 is 0 Å². The number of aryl methyl sites for hydroxylation is 1. The van der Waals surface area contributed by atoms with Crippen molar-refractivity contribution >= 4 is 5.78 Å². The molecule has 0 N–H and O–H groups in total. The number of hydrogen-bond donors (Lipinski definition) is 0. The van der Waals surface area contributed by atoms with Crippen LogP contribution in [0.4, 0.5) is 17.6 Å². The van der Waals surface area contributed by atoms with Gasteiger partial charge in [0, 0.05) is 5.56 Å². The second kappa shape index (κ2) is 7.90. The Hall–Kier alpha value is -1.43. The van der Waals surface area contributed by atoms with Gasteiger partial charge in [0.1, 0.15) is 17.5 Å². The molecular weight excluding hydrogens is 360 g/mol. The number of ether oxygens (including phenoxy) is 1. The molecule has 150 valence electrons. The van der Waals surface area contributed by atoms with Crippen molar-refractivity contribution in [1.29, 1.82) is 0 Å². The maximum absolute atomic E-state index is 14.1. The van der Waals surface area contributed by atoms with Gasteiger partial charge in [0.25, 0.3) is 0 Å². The molecule has 1 heterocycles. The fourth-order valence-corrected chi connectivity index (χ4v) is 4.44. The van der Waals surface area contributed by atoms with Crippen LogP contribution in [0.3, 0.4) is 0 Å². The van der Waals surface area contributed by atoms with E-state index in [1.54, 1.807) is 0 Å². The van der Waals surface area contributed by atoms with E-state index in [2.05, 4.69) is 6.92 Å². The van der Waals surface area contributed by atoms with Gasteiger partial charge in [0.05, 0.1) is 6.61 Å². The number of rotatable bonds is 3. The van der Waals surface area contributed by atoms with Crippen molar-refractivity contribution in [2.75, 3.05) is 6.61 Å². The Kier molecular flexibility index (Phi) is 5.94. The highest BCUT2D eigenvalue weighted by molar-refractivity contribution is 6.01. The lowest BCUT2D eigenvalue weighted by Crippen LogP contribution is -2.37. The third kappa shape index (κ3) is 4.36. The van der Waals surface area contributed by atoms with Gasteiger partial charge >= 0.3 is 6.18 Å². The number of alkyl halides is 3. The van der Waals surface area contributed by atoms with E-state index in [0.29, 0.717) is 24.9 Å². The first kappa shape index (κ1) is 20.3. The van der Waals surface area contributed by atoms with Crippen molar-refractivity contribution in [2.24, 2.45) is 17.8 Å². The Bertz CT molecular complexity index is 682. The van der Waals surface area contributed by atoms with Gasteiger partial charge in [0.2, 0.25) is 0 Å². The zero-order chi connectivity index (χ0) is 19.8. The summed E-state index contributed by atoms with van der Waals surface area (Å²) in [6, 6.07) is 2.29. The summed E-state index contributed by atoms with van der Waals surface area (Å²) in [6.07, 6.45) is 0.00369. The Morgan fingerprint density at radius 2 is 1.67 bits per heavy atom. The van der Waals surface area contributed by atoms with E-state index in [-0.39, 0.29) is 5.56 Å². The SMILES string of the molecule is Cc1ccc(C(=O)[C@@H]2CCC(C3CCC(C)CC3)CO2)c(C(F)(F)F)c1F. The van der Waals surface area contributed by atoms with E-state index in [9.17, 15) is 22.4 Å². The second-order valence-electron chi connectivity index (χ2n) is 8.16. The fourth-order valence-electron chi connectivity index (χ4n) is 4.44. The second-order valence-corrected chi connectivity index (χ2v) is 8.16. The standard InChI is InChI=1S/C21H26F4O2/c1-12-3-6-14(7-4-12)15-8-10-17(27-11-15)20(26)16-9-5-13(2)19(22)18(16)21(23,24)25/h5,9,12,14-15,17H,3-4,6-8,10-11H2,1-2H3/t12?,14?,15?,17-/m0/s1. The van der Waals surface area contributed by atoms with Crippen LogP contribution in [0.5, 0.6) is 0 Å². The molecule has 0 spiro atoms. The molecular formula is C21H26F4O2. The minimum Gasteiger partial charge on any atom is -0.370 e. The van der Waals surface area contributed by atoms with E-state index in [0.717, 1.165) is 31.2 Å². The highest BCUT2D eigenvalue weighted by Crippen LogP contribution is 2.39. The average molecular weight is 386 g/mol. The first-order chi connectivity index (χ1) is 12.7. The average Bonchev–Trinajstić information content (AvgIpc) is 2.63. The summed E-state index contributed by atoms with van der Waals surface area (Å²) in [5.41, 5.74) is -2.23. The van der Waals surface area contributed by atoms with E-state index >= 15 is 0 Å². The maximum Gasteiger partial charge on any atom is 0.419 e. The molecule has 6 heteroatoms. The number of hydrogen-bond acceptors (Lipinski definition) is 2. The van der Waals surface area contributed by atoms with E-state index in [1.165, 1.54) is 25.8 Å². The van der Waals surface area contributed by atoms with Gasteiger partial charge in [0.15, 0.2) is 5.78 Å². The maximum atomic E-state index is 14.1. The lowest BCUT2D eigenvalue weighted by molar-refractivity contribution is -0.140. The third-order valence-electron chi connectivity index (χ3n) is 6.21. The molecule has 1 saturated heterocycles. The number of carbonyl (C=O) groups excluding carboxylic acids is 1. The molecule has 2 fully saturated rings. The summed E-state index contributed by atoms with van der Waals surface area (Å²) < 4.78 is 59.8. The summed E-state index contributed by atoms with van der Waals surface area (Å²) in [7, 11) is 0. The topological polar surface area (TPSA) is 26.3 Å². The molecule has 2 atom stereocenters. The Morgan fingerprint density at radius 3 is 2.22 bits per heavy atom. The molecule has 2 aliphatic rings. The zero-order valence-electron chi connectivity index (χ0n) is 15.7. The predicted molar refractivity (Wildman–Crippen MR) is 94.1 cm³/mol. The van der Waals surface area contributed by atoms with Crippen LogP contribution in [0.15, 0.2) is 12.1 Å². The monoisotopic (exact) mass is 386 g/mol. The Morgan fingerprint density at radius 1 is 1.04 bits per heavy atom. The van der Waals surface area contributed by atoms with Crippen LogP contribution in [0, 0.1) is 30.5 Å². The number of Topliss-reactive ketones (excluding diaryl/α,β-unsaturated/α-hetero) is 1. The molecule has 0 radical (unpaired) electrons. The smallest absolute Gasteiger partial charge is 0.370 e. The molecule has 1 saturated carbocycles. The van der Waals surface area contributed by atoms with E-state index < -0.39 is 35.0 Å². The van der Waals surface area contributed by atoms with Crippen molar-refractivity contribution < 1.29 is 27.1 Å². The number of benzene rings is 1. The quantitative estimate of drug-likeness (QED) is 0.473. The van der Waals surface area contributed by atoms with Crippen LogP contribution < -0.4 is 0 Å². The van der Waals surface area contributed by atoms with Crippen molar-refractivity contribution in [3.8, 4) is 0 Å². The molecule has 1 aliphatic heterocycles. The highest BCUT2D eigenvalue weighted by atomic mass is 19.4.